The zero-order valence-corrected chi connectivity index (χ0v) is 9.85. The summed E-state index contributed by atoms with van der Waals surface area (Å²) >= 11 is 0. The van der Waals surface area contributed by atoms with Crippen LogP contribution in [0.15, 0.2) is 41.1 Å². The molecule has 90 valence electrons. The molecule has 0 radical (unpaired) electrons. The van der Waals surface area contributed by atoms with E-state index in [2.05, 4.69) is 22.6 Å². The molecule has 0 aliphatic heterocycles. The molecule has 0 aliphatic carbocycles. The molecule has 0 bridgehead atoms. The van der Waals surface area contributed by atoms with Crippen LogP contribution in [0.1, 0.15) is 11.3 Å². The summed E-state index contributed by atoms with van der Waals surface area (Å²) in [4.78, 5) is 0. The lowest BCUT2D eigenvalue weighted by molar-refractivity contribution is 0.408. The van der Waals surface area contributed by atoms with Crippen molar-refractivity contribution in [3.8, 4) is 5.75 Å². The van der Waals surface area contributed by atoms with Gasteiger partial charge in [0.25, 0.3) is 0 Å². The van der Waals surface area contributed by atoms with Crippen molar-refractivity contribution in [1.29, 1.82) is 0 Å². The van der Waals surface area contributed by atoms with Gasteiger partial charge in [0.2, 0.25) is 0 Å². The lowest BCUT2D eigenvalue weighted by atomic mass is 10.1. The number of nitrogens with one attached hydrogen (secondary N) is 1. The van der Waals surface area contributed by atoms with Gasteiger partial charge in [-0.3, -0.25) is 0 Å². The Kier molecular flexibility index (Phi) is 4.16. The van der Waals surface area contributed by atoms with Crippen molar-refractivity contribution in [3.63, 3.8) is 0 Å². The molecule has 2 rings (SSSR count). The first-order valence-corrected chi connectivity index (χ1v) is 5.61. The molecule has 0 spiro atoms. The quantitative estimate of drug-likeness (QED) is 0.774. The molecule has 0 saturated heterocycles. The van der Waals surface area contributed by atoms with Gasteiger partial charge in [-0.1, -0.05) is 17.3 Å². The lowest BCUT2D eigenvalue weighted by Crippen LogP contribution is -2.16. The van der Waals surface area contributed by atoms with Crippen LogP contribution in [0, 0.1) is 0 Å². The average Bonchev–Trinajstić information content (AvgIpc) is 2.88. The number of methoxy groups -OCH3 is 1. The summed E-state index contributed by atoms with van der Waals surface area (Å²) in [5, 5.41) is 7.14. The second kappa shape index (κ2) is 6.06. The molecule has 1 aromatic carbocycles. The fourth-order valence-electron chi connectivity index (χ4n) is 1.57. The molecule has 1 N–H and O–H groups in total. The number of nitrogens with zero attached hydrogens (tertiary/aromatic N) is 1. The largest absolute Gasteiger partial charge is 0.497 e. The van der Waals surface area contributed by atoms with E-state index in [1.165, 1.54) is 5.56 Å². The van der Waals surface area contributed by atoms with E-state index >= 15 is 0 Å². The normalized spacial score (nSPS) is 10.4. The number of ether oxygens (including phenoxy) is 1. The van der Waals surface area contributed by atoms with Crippen LogP contribution in [0.3, 0.4) is 0 Å². The Hall–Kier alpha value is -1.81. The fourth-order valence-corrected chi connectivity index (χ4v) is 1.57. The van der Waals surface area contributed by atoms with E-state index in [1.807, 2.05) is 18.2 Å². The van der Waals surface area contributed by atoms with E-state index < -0.39 is 0 Å². The third kappa shape index (κ3) is 3.60. The first-order valence-electron chi connectivity index (χ1n) is 5.61. The maximum absolute atomic E-state index is 5.11. The summed E-state index contributed by atoms with van der Waals surface area (Å²) in [6.45, 7) is 1.66. The van der Waals surface area contributed by atoms with Gasteiger partial charge in [0, 0.05) is 12.6 Å². The Balaban J connectivity index is 1.70. The zero-order valence-electron chi connectivity index (χ0n) is 9.85. The molecule has 0 amide bonds. The molecular formula is C13H16N2O2. The average molecular weight is 232 g/mol. The van der Waals surface area contributed by atoms with Gasteiger partial charge in [-0.05, 0) is 30.7 Å². The summed E-state index contributed by atoms with van der Waals surface area (Å²) in [5.74, 6) is 0.893. The van der Waals surface area contributed by atoms with Crippen LogP contribution >= 0.6 is 0 Å². The van der Waals surface area contributed by atoms with Crippen LogP contribution in [-0.4, -0.2) is 18.8 Å². The molecule has 17 heavy (non-hydrogen) atoms. The SMILES string of the molecule is COc1ccc(CCNCc2ccon2)cc1. The standard InChI is InChI=1S/C13H16N2O2/c1-16-13-4-2-11(3-5-13)6-8-14-10-12-7-9-17-15-12/h2-5,7,9,14H,6,8,10H2,1H3. The molecule has 1 aromatic heterocycles. The van der Waals surface area contributed by atoms with Gasteiger partial charge < -0.3 is 14.6 Å². The minimum atomic E-state index is 0.743. The first-order chi connectivity index (χ1) is 8.38. The third-order valence-corrected chi connectivity index (χ3v) is 2.55. The molecule has 4 nitrogen and oxygen atoms in total. The van der Waals surface area contributed by atoms with Gasteiger partial charge in [-0.2, -0.15) is 0 Å². The predicted octanol–water partition coefficient (Wildman–Crippen LogP) is 2.02. The van der Waals surface area contributed by atoms with Crippen LogP contribution in [0.25, 0.3) is 0 Å². The summed E-state index contributed by atoms with van der Waals surface area (Å²) in [6, 6.07) is 9.98. The number of rotatable bonds is 6. The Labute approximate surface area is 101 Å². The molecule has 0 atom stereocenters. The zero-order chi connectivity index (χ0) is 11.9. The van der Waals surface area contributed by atoms with Crippen LogP contribution in [0.2, 0.25) is 0 Å². The monoisotopic (exact) mass is 232 g/mol. The lowest BCUT2D eigenvalue weighted by Gasteiger charge is -2.04. The van der Waals surface area contributed by atoms with Crippen LogP contribution in [0.4, 0.5) is 0 Å². The van der Waals surface area contributed by atoms with Gasteiger partial charge in [-0.25, -0.2) is 0 Å². The van der Waals surface area contributed by atoms with Crippen molar-refractivity contribution in [1.82, 2.24) is 10.5 Å². The minimum absolute atomic E-state index is 0.743. The number of hydrogen-bond acceptors (Lipinski definition) is 4. The Morgan fingerprint density at radius 3 is 2.71 bits per heavy atom. The molecule has 0 aliphatic rings. The molecule has 2 aromatic rings. The van der Waals surface area contributed by atoms with E-state index in [0.717, 1.165) is 31.0 Å². The van der Waals surface area contributed by atoms with Crippen molar-refractivity contribution in [2.24, 2.45) is 0 Å². The Morgan fingerprint density at radius 2 is 2.06 bits per heavy atom. The van der Waals surface area contributed by atoms with Crippen molar-refractivity contribution in [3.05, 3.63) is 47.9 Å². The topological polar surface area (TPSA) is 47.3 Å². The van der Waals surface area contributed by atoms with Gasteiger partial charge >= 0.3 is 0 Å². The smallest absolute Gasteiger partial charge is 0.124 e. The second-order valence-corrected chi connectivity index (χ2v) is 3.77. The summed E-state index contributed by atoms with van der Waals surface area (Å²) in [5.41, 5.74) is 2.22. The number of hydrogen-bond donors (Lipinski definition) is 1. The summed E-state index contributed by atoms with van der Waals surface area (Å²) in [7, 11) is 1.68. The van der Waals surface area contributed by atoms with E-state index in [-0.39, 0.29) is 0 Å². The highest BCUT2D eigenvalue weighted by molar-refractivity contribution is 5.27. The molecule has 1 heterocycles. The fraction of sp³-hybridized carbons (Fsp3) is 0.308. The molecule has 0 saturated carbocycles. The van der Waals surface area contributed by atoms with Gasteiger partial charge in [-0.15, -0.1) is 0 Å². The van der Waals surface area contributed by atoms with Crippen molar-refractivity contribution < 1.29 is 9.26 Å². The molecule has 0 fully saturated rings. The van der Waals surface area contributed by atoms with Gasteiger partial charge in [0.1, 0.15) is 12.0 Å². The summed E-state index contributed by atoms with van der Waals surface area (Å²) in [6.07, 6.45) is 2.57. The highest BCUT2D eigenvalue weighted by Gasteiger charge is 1.97. The number of aromatic nitrogens is 1. The maximum atomic E-state index is 5.11. The maximum Gasteiger partial charge on any atom is 0.124 e. The van der Waals surface area contributed by atoms with E-state index in [1.54, 1.807) is 13.4 Å². The van der Waals surface area contributed by atoms with Crippen molar-refractivity contribution >= 4 is 0 Å². The summed E-state index contributed by atoms with van der Waals surface area (Å²) < 4.78 is 9.86. The molecular weight excluding hydrogens is 216 g/mol. The first kappa shape index (κ1) is 11.7. The van der Waals surface area contributed by atoms with E-state index in [9.17, 15) is 0 Å². The third-order valence-electron chi connectivity index (χ3n) is 2.55. The Bertz CT molecular complexity index is 423. The van der Waals surface area contributed by atoms with Crippen molar-refractivity contribution in [2.75, 3.05) is 13.7 Å². The Morgan fingerprint density at radius 1 is 1.24 bits per heavy atom. The van der Waals surface area contributed by atoms with Crippen LogP contribution < -0.4 is 10.1 Å². The van der Waals surface area contributed by atoms with E-state index in [0.29, 0.717) is 0 Å². The van der Waals surface area contributed by atoms with Gasteiger partial charge in [0.05, 0.1) is 12.8 Å². The second-order valence-electron chi connectivity index (χ2n) is 3.77. The van der Waals surface area contributed by atoms with Crippen LogP contribution in [0.5, 0.6) is 5.75 Å². The number of benzene rings is 1. The van der Waals surface area contributed by atoms with Crippen LogP contribution in [-0.2, 0) is 13.0 Å². The molecule has 0 unspecified atom stereocenters. The highest BCUT2D eigenvalue weighted by atomic mass is 16.5. The van der Waals surface area contributed by atoms with Gasteiger partial charge in [0.15, 0.2) is 0 Å². The van der Waals surface area contributed by atoms with Crippen molar-refractivity contribution in [2.45, 2.75) is 13.0 Å². The minimum Gasteiger partial charge on any atom is -0.497 e. The van der Waals surface area contributed by atoms with E-state index in [4.69, 9.17) is 9.26 Å². The highest BCUT2D eigenvalue weighted by Crippen LogP contribution is 2.11. The predicted molar refractivity (Wildman–Crippen MR) is 64.9 cm³/mol. The molecule has 4 heteroatoms.